The molecule has 1 spiro atoms. The number of aromatic nitrogens is 2. The number of rotatable bonds is 4. The van der Waals surface area contributed by atoms with Gasteiger partial charge < -0.3 is 4.90 Å². The summed E-state index contributed by atoms with van der Waals surface area (Å²) in [6.07, 6.45) is 7.65. The molecule has 0 bridgehead atoms. The van der Waals surface area contributed by atoms with Gasteiger partial charge in [-0.15, -0.1) is 0 Å². The molecule has 2 aromatic rings. The van der Waals surface area contributed by atoms with E-state index in [0.29, 0.717) is 13.0 Å². The number of hydrogen-bond acceptors (Lipinski definition) is 4. The number of amides is 1. The number of carbonyl (C=O) groups excluding carboxylic acids is 1. The molecule has 5 nitrogen and oxygen atoms in total. The Hall–Kier alpha value is -2.27. The van der Waals surface area contributed by atoms with Gasteiger partial charge in [0, 0.05) is 37.7 Å². The third kappa shape index (κ3) is 4.84. The van der Waals surface area contributed by atoms with Crippen molar-refractivity contribution in [3.63, 3.8) is 0 Å². The van der Waals surface area contributed by atoms with Crippen LogP contribution in [0.5, 0.6) is 0 Å². The molecule has 0 N–H and O–H groups in total. The van der Waals surface area contributed by atoms with E-state index in [0.717, 1.165) is 44.0 Å². The van der Waals surface area contributed by atoms with Gasteiger partial charge in [0.05, 0.1) is 24.1 Å². The molecule has 2 saturated heterocycles. The maximum Gasteiger partial charge on any atom is 0.222 e. The third-order valence-corrected chi connectivity index (χ3v) is 6.36. The van der Waals surface area contributed by atoms with Crippen LogP contribution in [0.25, 0.3) is 0 Å². The predicted octanol–water partition coefficient (Wildman–Crippen LogP) is 3.81. The van der Waals surface area contributed by atoms with Crippen molar-refractivity contribution < 1.29 is 4.79 Å². The van der Waals surface area contributed by atoms with E-state index in [-0.39, 0.29) is 11.3 Å². The summed E-state index contributed by atoms with van der Waals surface area (Å²) < 4.78 is 0. The third-order valence-electron chi connectivity index (χ3n) is 6.36. The van der Waals surface area contributed by atoms with E-state index >= 15 is 0 Å². The van der Waals surface area contributed by atoms with Gasteiger partial charge in [-0.25, -0.2) is 0 Å². The van der Waals surface area contributed by atoms with Crippen molar-refractivity contribution in [1.29, 1.82) is 0 Å². The molecule has 3 heterocycles. The molecule has 1 aromatic carbocycles. The van der Waals surface area contributed by atoms with Gasteiger partial charge in [-0.3, -0.25) is 19.7 Å². The number of nitrogens with zero attached hydrogens (tertiary/aromatic N) is 4. The maximum atomic E-state index is 12.6. The highest BCUT2D eigenvalue weighted by molar-refractivity contribution is 5.77. The quantitative estimate of drug-likeness (QED) is 0.794. The minimum absolute atomic E-state index is 0.211. The Morgan fingerprint density at radius 1 is 0.966 bits per heavy atom. The van der Waals surface area contributed by atoms with Crippen LogP contribution in [0.1, 0.15) is 53.8 Å². The molecule has 5 heteroatoms. The van der Waals surface area contributed by atoms with Crippen LogP contribution in [0.3, 0.4) is 0 Å². The minimum Gasteiger partial charge on any atom is -0.336 e. The highest BCUT2D eigenvalue weighted by atomic mass is 16.2. The molecule has 2 fully saturated rings. The topological polar surface area (TPSA) is 49.3 Å². The minimum atomic E-state index is 0.211. The van der Waals surface area contributed by atoms with Gasteiger partial charge in [0.1, 0.15) is 0 Å². The molecule has 29 heavy (non-hydrogen) atoms. The van der Waals surface area contributed by atoms with E-state index in [1.807, 2.05) is 11.8 Å². The highest BCUT2D eigenvalue weighted by Gasteiger charge is 2.41. The molecule has 2 aliphatic rings. The lowest BCUT2D eigenvalue weighted by atomic mass is 9.73. The van der Waals surface area contributed by atoms with Crippen LogP contribution in [-0.4, -0.2) is 45.3 Å². The first-order valence-electron chi connectivity index (χ1n) is 10.8. The molecule has 154 valence electrons. The Kier molecular flexibility index (Phi) is 5.68. The summed E-state index contributed by atoms with van der Waals surface area (Å²) in [5, 5.41) is 0. The molecule has 1 atom stereocenters. The second-order valence-electron chi connectivity index (χ2n) is 9.21. The number of hydrogen-bond donors (Lipinski definition) is 0. The molecule has 1 amide bonds. The molecule has 4 rings (SSSR count). The van der Waals surface area contributed by atoms with Crippen molar-refractivity contribution in [2.45, 2.75) is 59.5 Å². The summed E-state index contributed by atoms with van der Waals surface area (Å²) in [5.41, 5.74) is 6.07. The summed E-state index contributed by atoms with van der Waals surface area (Å²) in [5.74, 6) is 0.254. The lowest BCUT2D eigenvalue weighted by molar-refractivity contribution is -0.140. The van der Waals surface area contributed by atoms with Gasteiger partial charge in [0.2, 0.25) is 5.91 Å². The molecule has 1 aromatic heterocycles. The Morgan fingerprint density at radius 3 is 2.48 bits per heavy atom. The number of benzene rings is 1. The number of piperidine rings is 2. The van der Waals surface area contributed by atoms with Gasteiger partial charge in [-0.1, -0.05) is 29.3 Å². The Balaban J connectivity index is 1.44. The standard InChI is InChI=1S/C24H32N4O/c1-18-9-19(2)11-21(10-18)14-27-8-4-6-24(16-27)7-5-23(29)28(17-24)15-22-13-25-20(3)12-26-22/h9-13H,4-8,14-17H2,1-3H3/t24-/m1/s1. The Labute approximate surface area is 174 Å². The fourth-order valence-corrected chi connectivity index (χ4v) is 5.14. The van der Waals surface area contributed by atoms with Crippen molar-refractivity contribution in [3.05, 3.63) is 58.7 Å². The van der Waals surface area contributed by atoms with E-state index in [1.165, 1.54) is 29.5 Å². The van der Waals surface area contributed by atoms with E-state index in [4.69, 9.17) is 0 Å². The van der Waals surface area contributed by atoms with Crippen molar-refractivity contribution in [3.8, 4) is 0 Å². The zero-order valence-electron chi connectivity index (χ0n) is 17.9. The summed E-state index contributed by atoms with van der Waals surface area (Å²) in [7, 11) is 0. The summed E-state index contributed by atoms with van der Waals surface area (Å²) in [6.45, 7) is 10.9. The predicted molar refractivity (Wildman–Crippen MR) is 114 cm³/mol. The largest absolute Gasteiger partial charge is 0.336 e. The van der Waals surface area contributed by atoms with E-state index in [9.17, 15) is 4.79 Å². The second-order valence-corrected chi connectivity index (χ2v) is 9.21. The van der Waals surface area contributed by atoms with Gasteiger partial charge in [-0.05, 0) is 52.1 Å². The fourth-order valence-electron chi connectivity index (χ4n) is 5.14. The van der Waals surface area contributed by atoms with Gasteiger partial charge in [0.15, 0.2) is 0 Å². The molecular weight excluding hydrogens is 360 g/mol. The summed E-state index contributed by atoms with van der Waals surface area (Å²) >= 11 is 0. The SMILES string of the molecule is Cc1cc(C)cc(CN2CCC[C@@]3(CCC(=O)N(Cc4cnc(C)cn4)C3)C2)c1. The molecule has 0 saturated carbocycles. The van der Waals surface area contributed by atoms with Crippen LogP contribution in [-0.2, 0) is 17.9 Å². The van der Waals surface area contributed by atoms with Crippen LogP contribution in [0.2, 0.25) is 0 Å². The maximum absolute atomic E-state index is 12.6. The first-order chi connectivity index (χ1) is 13.9. The number of likely N-dealkylation sites (tertiary alicyclic amines) is 2. The zero-order chi connectivity index (χ0) is 20.4. The smallest absolute Gasteiger partial charge is 0.222 e. The van der Waals surface area contributed by atoms with Crippen molar-refractivity contribution in [2.75, 3.05) is 19.6 Å². The average molecular weight is 393 g/mol. The molecule has 0 aliphatic carbocycles. The molecule has 0 unspecified atom stereocenters. The van der Waals surface area contributed by atoms with Crippen LogP contribution >= 0.6 is 0 Å². The number of carbonyl (C=O) groups is 1. The molecule has 0 radical (unpaired) electrons. The second kappa shape index (κ2) is 8.23. The monoisotopic (exact) mass is 392 g/mol. The van der Waals surface area contributed by atoms with Gasteiger partial charge in [0.25, 0.3) is 0 Å². The number of aryl methyl sites for hydroxylation is 3. The first kappa shape index (κ1) is 20.0. The Bertz CT molecular complexity index is 859. The van der Waals surface area contributed by atoms with Crippen molar-refractivity contribution >= 4 is 5.91 Å². The molecule has 2 aliphatic heterocycles. The molecular formula is C24H32N4O. The van der Waals surface area contributed by atoms with Crippen molar-refractivity contribution in [2.24, 2.45) is 5.41 Å². The average Bonchev–Trinajstić information content (AvgIpc) is 2.66. The summed E-state index contributed by atoms with van der Waals surface area (Å²) in [4.78, 5) is 26.0. The van der Waals surface area contributed by atoms with Crippen LogP contribution in [0.15, 0.2) is 30.6 Å². The fraction of sp³-hybridized carbons (Fsp3) is 0.542. The summed E-state index contributed by atoms with van der Waals surface area (Å²) in [6, 6.07) is 6.85. The normalized spacial score (nSPS) is 23.0. The Morgan fingerprint density at radius 2 is 1.76 bits per heavy atom. The lowest BCUT2D eigenvalue weighted by Crippen LogP contribution is -2.53. The highest BCUT2D eigenvalue weighted by Crippen LogP contribution is 2.39. The van der Waals surface area contributed by atoms with Crippen molar-refractivity contribution in [1.82, 2.24) is 19.8 Å². The van der Waals surface area contributed by atoms with E-state index in [2.05, 4.69) is 46.9 Å². The van der Waals surface area contributed by atoms with Crippen LogP contribution in [0, 0.1) is 26.2 Å². The van der Waals surface area contributed by atoms with Gasteiger partial charge in [-0.2, -0.15) is 0 Å². The lowest BCUT2D eigenvalue weighted by Gasteiger charge is -2.48. The first-order valence-corrected chi connectivity index (χ1v) is 10.8. The zero-order valence-corrected chi connectivity index (χ0v) is 17.9. The van der Waals surface area contributed by atoms with Gasteiger partial charge >= 0.3 is 0 Å². The van der Waals surface area contributed by atoms with E-state index < -0.39 is 0 Å². The van der Waals surface area contributed by atoms with E-state index in [1.54, 1.807) is 12.4 Å². The van der Waals surface area contributed by atoms with Crippen LogP contribution < -0.4 is 0 Å². The van der Waals surface area contributed by atoms with Crippen LogP contribution in [0.4, 0.5) is 0 Å².